The predicted molar refractivity (Wildman–Crippen MR) is 91.2 cm³/mol. The molecule has 140 valence electrons. The number of rotatable bonds is 7. The lowest BCUT2D eigenvalue weighted by Gasteiger charge is -2.40. The molecule has 1 aliphatic heterocycles. The topological polar surface area (TPSA) is 26.8 Å². The van der Waals surface area contributed by atoms with Gasteiger partial charge in [0.15, 0.2) is 0 Å². The zero-order valence-electron chi connectivity index (χ0n) is 14.8. The van der Waals surface area contributed by atoms with Crippen molar-refractivity contribution in [3.05, 3.63) is 35.4 Å². The Morgan fingerprint density at radius 2 is 1.72 bits per heavy atom. The summed E-state index contributed by atoms with van der Waals surface area (Å²) < 4.78 is 40.5. The molecule has 0 bridgehead atoms. The standard InChI is InChI=1S/C18H26F3N3O/c1-3-22(4-2)13-17(24-11-9-23(14-25)10-12-24)15-7-5-6-8-16(15)18(19,20)21/h5-8,14,17H,3-4,9-13H2,1-2H3. The Balaban J connectivity index is 2.34. The largest absolute Gasteiger partial charge is 0.416 e. The van der Waals surface area contributed by atoms with Crippen LogP contribution in [0.4, 0.5) is 13.2 Å². The first-order valence-electron chi connectivity index (χ1n) is 8.72. The molecule has 4 nitrogen and oxygen atoms in total. The summed E-state index contributed by atoms with van der Waals surface area (Å²) in [7, 11) is 0. The van der Waals surface area contributed by atoms with Crippen molar-refractivity contribution in [1.29, 1.82) is 0 Å². The molecule has 1 fully saturated rings. The third-order valence-corrected chi connectivity index (χ3v) is 4.89. The summed E-state index contributed by atoms with van der Waals surface area (Å²) in [5.74, 6) is 0. The summed E-state index contributed by atoms with van der Waals surface area (Å²) >= 11 is 0. The van der Waals surface area contributed by atoms with Crippen LogP contribution in [0, 0.1) is 0 Å². The van der Waals surface area contributed by atoms with E-state index in [4.69, 9.17) is 0 Å². The van der Waals surface area contributed by atoms with Crippen LogP contribution in [0.25, 0.3) is 0 Å². The number of amides is 1. The number of carbonyl (C=O) groups is 1. The molecule has 1 unspecified atom stereocenters. The van der Waals surface area contributed by atoms with Crippen molar-refractivity contribution in [2.75, 3.05) is 45.8 Å². The maximum Gasteiger partial charge on any atom is 0.416 e. The molecular formula is C18H26F3N3O. The second kappa shape index (κ2) is 8.67. The van der Waals surface area contributed by atoms with Crippen LogP contribution in [-0.2, 0) is 11.0 Å². The van der Waals surface area contributed by atoms with E-state index in [2.05, 4.69) is 9.80 Å². The van der Waals surface area contributed by atoms with Crippen molar-refractivity contribution in [3.8, 4) is 0 Å². The van der Waals surface area contributed by atoms with Crippen molar-refractivity contribution < 1.29 is 18.0 Å². The van der Waals surface area contributed by atoms with Crippen molar-refractivity contribution in [3.63, 3.8) is 0 Å². The highest BCUT2D eigenvalue weighted by atomic mass is 19.4. The summed E-state index contributed by atoms with van der Waals surface area (Å²) in [5.41, 5.74) is -0.244. The van der Waals surface area contributed by atoms with E-state index in [1.54, 1.807) is 17.0 Å². The van der Waals surface area contributed by atoms with Gasteiger partial charge in [-0.2, -0.15) is 13.2 Å². The maximum absolute atomic E-state index is 13.5. The molecule has 1 amide bonds. The van der Waals surface area contributed by atoms with E-state index in [0.717, 1.165) is 25.6 Å². The quantitative estimate of drug-likeness (QED) is 0.702. The fourth-order valence-corrected chi connectivity index (χ4v) is 3.34. The van der Waals surface area contributed by atoms with E-state index in [-0.39, 0.29) is 6.04 Å². The van der Waals surface area contributed by atoms with E-state index in [9.17, 15) is 18.0 Å². The van der Waals surface area contributed by atoms with Gasteiger partial charge in [-0.25, -0.2) is 0 Å². The van der Waals surface area contributed by atoms with Crippen LogP contribution >= 0.6 is 0 Å². The summed E-state index contributed by atoms with van der Waals surface area (Å²) in [6.45, 7) is 8.40. The number of halogens is 3. The number of piperazine rings is 1. The van der Waals surface area contributed by atoms with Crippen LogP contribution in [-0.4, -0.2) is 66.9 Å². The molecule has 1 aromatic rings. The molecule has 0 aromatic heterocycles. The lowest BCUT2D eigenvalue weighted by molar-refractivity contribution is -0.139. The molecular weight excluding hydrogens is 331 g/mol. The number of alkyl halides is 3. The minimum absolute atomic E-state index is 0.321. The smallest absolute Gasteiger partial charge is 0.343 e. The molecule has 1 aromatic carbocycles. The van der Waals surface area contributed by atoms with E-state index in [1.807, 2.05) is 13.8 Å². The highest BCUT2D eigenvalue weighted by Gasteiger charge is 2.37. The molecule has 1 saturated heterocycles. The molecule has 0 spiro atoms. The summed E-state index contributed by atoms with van der Waals surface area (Å²) in [6, 6.07) is 5.51. The molecule has 0 N–H and O–H groups in total. The van der Waals surface area contributed by atoms with Gasteiger partial charge in [-0.05, 0) is 24.7 Å². The van der Waals surface area contributed by atoms with Gasteiger partial charge in [-0.3, -0.25) is 9.69 Å². The van der Waals surface area contributed by atoms with Gasteiger partial charge >= 0.3 is 6.18 Å². The van der Waals surface area contributed by atoms with Crippen LogP contribution in [0.3, 0.4) is 0 Å². The van der Waals surface area contributed by atoms with E-state index < -0.39 is 11.7 Å². The van der Waals surface area contributed by atoms with E-state index in [1.165, 1.54) is 6.07 Å². The Labute approximate surface area is 147 Å². The number of hydrogen-bond acceptors (Lipinski definition) is 3. The minimum Gasteiger partial charge on any atom is -0.343 e. The minimum atomic E-state index is -4.37. The summed E-state index contributed by atoms with van der Waals surface area (Å²) in [6.07, 6.45) is -3.57. The Kier molecular flexibility index (Phi) is 6.84. The predicted octanol–water partition coefficient (Wildman–Crippen LogP) is 2.86. The molecule has 0 saturated carbocycles. The molecule has 1 heterocycles. The van der Waals surface area contributed by atoms with Crippen molar-refractivity contribution in [1.82, 2.24) is 14.7 Å². The first-order chi connectivity index (χ1) is 11.9. The first-order valence-corrected chi connectivity index (χ1v) is 8.72. The van der Waals surface area contributed by atoms with Gasteiger partial charge in [0.2, 0.25) is 6.41 Å². The lowest BCUT2D eigenvalue weighted by atomic mass is 9.97. The van der Waals surface area contributed by atoms with Crippen LogP contribution < -0.4 is 0 Å². The highest BCUT2D eigenvalue weighted by Crippen LogP contribution is 2.36. The van der Waals surface area contributed by atoms with E-state index >= 15 is 0 Å². The number of likely N-dealkylation sites (N-methyl/N-ethyl adjacent to an activating group) is 1. The van der Waals surface area contributed by atoms with Crippen molar-refractivity contribution in [2.24, 2.45) is 0 Å². The molecule has 1 atom stereocenters. The number of hydrogen-bond donors (Lipinski definition) is 0. The van der Waals surface area contributed by atoms with Crippen molar-refractivity contribution >= 4 is 6.41 Å². The maximum atomic E-state index is 13.5. The van der Waals surface area contributed by atoms with Crippen LogP contribution in [0.5, 0.6) is 0 Å². The van der Waals surface area contributed by atoms with Crippen LogP contribution in [0.1, 0.15) is 31.0 Å². The average molecular weight is 357 g/mol. The Morgan fingerprint density at radius 1 is 1.12 bits per heavy atom. The first kappa shape index (κ1) is 19.7. The molecule has 7 heteroatoms. The SMILES string of the molecule is CCN(CC)CC(c1ccccc1C(F)(F)F)N1CCN(C=O)CC1. The molecule has 0 radical (unpaired) electrons. The van der Waals surface area contributed by atoms with Crippen molar-refractivity contribution in [2.45, 2.75) is 26.1 Å². The normalized spacial score (nSPS) is 17.8. The second-order valence-corrected chi connectivity index (χ2v) is 6.26. The number of nitrogens with zero attached hydrogens (tertiary/aromatic N) is 3. The summed E-state index contributed by atoms with van der Waals surface area (Å²) in [5, 5.41) is 0. The Morgan fingerprint density at radius 3 is 2.24 bits per heavy atom. The van der Waals surface area contributed by atoms with Gasteiger partial charge < -0.3 is 9.80 Å². The van der Waals surface area contributed by atoms with Gasteiger partial charge in [0.25, 0.3) is 0 Å². The molecule has 0 aliphatic carbocycles. The van der Waals surface area contributed by atoms with Gasteiger partial charge in [0.1, 0.15) is 0 Å². The van der Waals surface area contributed by atoms with Gasteiger partial charge in [0, 0.05) is 38.8 Å². The average Bonchev–Trinajstić information content (AvgIpc) is 2.62. The third-order valence-electron chi connectivity index (χ3n) is 4.89. The Bertz CT molecular complexity index is 553. The summed E-state index contributed by atoms with van der Waals surface area (Å²) in [4.78, 5) is 16.8. The molecule has 1 aliphatic rings. The zero-order chi connectivity index (χ0) is 18.4. The van der Waals surface area contributed by atoms with Crippen LogP contribution in [0.2, 0.25) is 0 Å². The zero-order valence-corrected chi connectivity index (χ0v) is 14.8. The third kappa shape index (κ3) is 4.95. The Hall–Kier alpha value is -1.60. The van der Waals surface area contributed by atoms with Crippen LogP contribution in [0.15, 0.2) is 24.3 Å². The fourth-order valence-electron chi connectivity index (χ4n) is 3.34. The number of benzene rings is 1. The fraction of sp³-hybridized carbons (Fsp3) is 0.611. The van der Waals surface area contributed by atoms with Gasteiger partial charge in [-0.15, -0.1) is 0 Å². The lowest BCUT2D eigenvalue weighted by Crippen LogP contribution is -2.49. The van der Waals surface area contributed by atoms with E-state index in [0.29, 0.717) is 38.3 Å². The van der Waals surface area contributed by atoms with Gasteiger partial charge in [0.05, 0.1) is 5.56 Å². The molecule has 25 heavy (non-hydrogen) atoms. The number of carbonyl (C=O) groups excluding carboxylic acids is 1. The monoisotopic (exact) mass is 357 g/mol. The molecule has 2 rings (SSSR count). The second-order valence-electron chi connectivity index (χ2n) is 6.26. The highest BCUT2D eigenvalue weighted by molar-refractivity contribution is 5.47. The van der Waals surface area contributed by atoms with Gasteiger partial charge in [-0.1, -0.05) is 32.0 Å².